The van der Waals surface area contributed by atoms with E-state index in [2.05, 4.69) is 24.1 Å². The molecule has 0 unspecified atom stereocenters. The van der Waals surface area contributed by atoms with Crippen LogP contribution < -0.4 is 5.32 Å². The molecule has 0 atom stereocenters. The van der Waals surface area contributed by atoms with Gasteiger partial charge in [0.05, 0.1) is 11.3 Å². The van der Waals surface area contributed by atoms with E-state index in [9.17, 15) is 4.39 Å². The van der Waals surface area contributed by atoms with Crippen molar-refractivity contribution in [1.29, 1.82) is 0 Å². The molecule has 0 spiro atoms. The van der Waals surface area contributed by atoms with Crippen molar-refractivity contribution in [3.05, 3.63) is 34.6 Å². The van der Waals surface area contributed by atoms with E-state index in [1.807, 2.05) is 12.3 Å². The van der Waals surface area contributed by atoms with Gasteiger partial charge in [0, 0.05) is 16.3 Å². The summed E-state index contributed by atoms with van der Waals surface area (Å²) in [4.78, 5) is 6.80. The maximum Gasteiger partial charge on any atom is 0.134 e. The minimum Gasteiger partial charge on any atom is -0.312 e. The Morgan fingerprint density at radius 1 is 1.35 bits per heavy atom. The first-order valence-electron chi connectivity index (χ1n) is 6.73. The van der Waals surface area contributed by atoms with Gasteiger partial charge in [0.15, 0.2) is 0 Å². The summed E-state index contributed by atoms with van der Waals surface area (Å²) in [7, 11) is 0. The van der Waals surface area contributed by atoms with Crippen molar-refractivity contribution in [2.24, 2.45) is 0 Å². The van der Waals surface area contributed by atoms with Gasteiger partial charge in [-0.1, -0.05) is 19.9 Å². The van der Waals surface area contributed by atoms with Gasteiger partial charge in [-0.2, -0.15) is 0 Å². The van der Waals surface area contributed by atoms with Gasteiger partial charge >= 0.3 is 0 Å². The van der Waals surface area contributed by atoms with E-state index in [-0.39, 0.29) is 5.82 Å². The van der Waals surface area contributed by atoms with Gasteiger partial charge < -0.3 is 5.32 Å². The van der Waals surface area contributed by atoms with Crippen LogP contribution in [0.15, 0.2) is 23.1 Å². The summed E-state index contributed by atoms with van der Waals surface area (Å²) >= 11 is 3.15. The van der Waals surface area contributed by atoms with Crippen LogP contribution >= 0.6 is 23.1 Å². The quantitative estimate of drug-likeness (QED) is 0.803. The van der Waals surface area contributed by atoms with Crippen LogP contribution in [0.4, 0.5) is 4.39 Å². The average molecular weight is 310 g/mol. The fourth-order valence-corrected chi connectivity index (χ4v) is 3.88. The third-order valence-electron chi connectivity index (χ3n) is 3.06. The van der Waals surface area contributed by atoms with Crippen molar-refractivity contribution in [2.45, 2.75) is 31.7 Å². The lowest BCUT2D eigenvalue weighted by atomic mass is 10.2. The molecule has 1 heterocycles. The molecule has 108 valence electrons. The maximum atomic E-state index is 14.2. The lowest BCUT2D eigenvalue weighted by Crippen LogP contribution is -2.11. The standard InChI is InChI=1S/C15H19FN2S2/c1-4-11-13(9-17-5-2)20-15(18-11)14-10(16)7-6-8-12(14)19-3/h6-8,17H,4-5,9H2,1-3H3. The molecule has 1 aromatic carbocycles. The molecule has 0 fully saturated rings. The monoisotopic (exact) mass is 310 g/mol. The fraction of sp³-hybridized carbons (Fsp3) is 0.400. The average Bonchev–Trinajstić information content (AvgIpc) is 2.87. The zero-order valence-electron chi connectivity index (χ0n) is 12.0. The molecule has 2 aromatic rings. The molecule has 0 bridgehead atoms. The molecular formula is C15H19FN2S2. The molecule has 5 heteroatoms. The zero-order chi connectivity index (χ0) is 14.5. The van der Waals surface area contributed by atoms with Gasteiger partial charge in [0.1, 0.15) is 10.8 Å². The van der Waals surface area contributed by atoms with E-state index < -0.39 is 0 Å². The number of halogens is 1. The van der Waals surface area contributed by atoms with Gasteiger partial charge in [-0.15, -0.1) is 23.1 Å². The molecule has 2 rings (SSSR count). The van der Waals surface area contributed by atoms with E-state index in [0.29, 0.717) is 5.56 Å². The van der Waals surface area contributed by atoms with Crippen LogP contribution in [0.2, 0.25) is 0 Å². The van der Waals surface area contributed by atoms with Gasteiger partial charge in [0.2, 0.25) is 0 Å². The molecule has 0 saturated carbocycles. The minimum atomic E-state index is -0.191. The van der Waals surface area contributed by atoms with Gasteiger partial charge in [-0.3, -0.25) is 0 Å². The second kappa shape index (κ2) is 7.20. The zero-order valence-corrected chi connectivity index (χ0v) is 13.6. The Hall–Kier alpha value is -0.910. The van der Waals surface area contributed by atoms with Crippen LogP contribution in [0, 0.1) is 5.82 Å². The maximum absolute atomic E-state index is 14.2. The predicted molar refractivity (Wildman–Crippen MR) is 86.0 cm³/mol. The first-order chi connectivity index (χ1) is 9.71. The highest BCUT2D eigenvalue weighted by atomic mass is 32.2. The van der Waals surface area contributed by atoms with Crippen LogP contribution in [0.25, 0.3) is 10.6 Å². The van der Waals surface area contributed by atoms with Crippen molar-refractivity contribution in [3.8, 4) is 10.6 Å². The lowest BCUT2D eigenvalue weighted by Gasteiger charge is -2.05. The van der Waals surface area contributed by atoms with Gasteiger partial charge in [0.25, 0.3) is 0 Å². The molecule has 2 nitrogen and oxygen atoms in total. The lowest BCUT2D eigenvalue weighted by molar-refractivity contribution is 0.628. The number of nitrogens with zero attached hydrogens (tertiary/aromatic N) is 1. The Labute approximate surface area is 127 Å². The topological polar surface area (TPSA) is 24.9 Å². The van der Waals surface area contributed by atoms with E-state index in [1.165, 1.54) is 10.9 Å². The number of aromatic nitrogens is 1. The number of aryl methyl sites for hydroxylation is 1. The van der Waals surface area contributed by atoms with Crippen LogP contribution in [0.5, 0.6) is 0 Å². The number of hydrogen-bond acceptors (Lipinski definition) is 4. The minimum absolute atomic E-state index is 0.191. The van der Waals surface area contributed by atoms with E-state index >= 15 is 0 Å². The van der Waals surface area contributed by atoms with Crippen LogP contribution in [0.1, 0.15) is 24.4 Å². The number of thiazole rings is 1. The van der Waals surface area contributed by atoms with E-state index in [1.54, 1.807) is 29.2 Å². The number of benzene rings is 1. The second-order valence-electron chi connectivity index (χ2n) is 4.34. The summed E-state index contributed by atoms with van der Waals surface area (Å²) in [5, 5.41) is 4.11. The van der Waals surface area contributed by atoms with Crippen molar-refractivity contribution < 1.29 is 4.39 Å². The Balaban J connectivity index is 2.45. The van der Waals surface area contributed by atoms with Gasteiger partial charge in [-0.25, -0.2) is 9.37 Å². The second-order valence-corrected chi connectivity index (χ2v) is 6.27. The third kappa shape index (κ3) is 3.22. The first-order valence-corrected chi connectivity index (χ1v) is 8.77. The Kier molecular flexibility index (Phi) is 5.57. The Morgan fingerprint density at radius 3 is 2.80 bits per heavy atom. The molecule has 1 aromatic heterocycles. The molecule has 20 heavy (non-hydrogen) atoms. The van der Waals surface area contributed by atoms with Crippen molar-refractivity contribution in [2.75, 3.05) is 12.8 Å². The SMILES string of the molecule is CCNCc1sc(-c2c(F)cccc2SC)nc1CC. The fourth-order valence-electron chi connectivity index (χ4n) is 2.03. The largest absolute Gasteiger partial charge is 0.312 e. The Bertz CT molecular complexity index is 581. The van der Waals surface area contributed by atoms with E-state index in [0.717, 1.165) is 35.1 Å². The smallest absolute Gasteiger partial charge is 0.134 e. The summed E-state index contributed by atoms with van der Waals surface area (Å²) in [6, 6.07) is 5.20. The first kappa shape index (κ1) is 15.5. The third-order valence-corrected chi connectivity index (χ3v) is 4.95. The predicted octanol–water partition coefficient (Wildman–Crippen LogP) is 4.34. The number of nitrogens with one attached hydrogen (secondary N) is 1. The molecule has 0 aliphatic heterocycles. The van der Waals surface area contributed by atoms with Crippen molar-refractivity contribution in [3.63, 3.8) is 0 Å². The summed E-state index contributed by atoms with van der Waals surface area (Å²) in [5.74, 6) is -0.191. The number of rotatable bonds is 6. The van der Waals surface area contributed by atoms with Crippen LogP contribution in [-0.4, -0.2) is 17.8 Å². The molecule has 0 aliphatic rings. The summed E-state index contributed by atoms with van der Waals surface area (Å²) in [6.07, 6.45) is 2.84. The van der Waals surface area contributed by atoms with Crippen LogP contribution in [-0.2, 0) is 13.0 Å². The normalized spacial score (nSPS) is 11.0. The highest BCUT2D eigenvalue weighted by molar-refractivity contribution is 7.98. The molecule has 0 saturated heterocycles. The molecule has 1 N–H and O–H groups in total. The number of hydrogen-bond donors (Lipinski definition) is 1. The molecule has 0 amide bonds. The summed E-state index contributed by atoms with van der Waals surface area (Å²) in [5.41, 5.74) is 1.71. The van der Waals surface area contributed by atoms with Crippen molar-refractivity contribution >= 4 is 23.1 Å². The molecular weight excluding hydrogens is 291 g/mol. The highest BCUT2D eigenvalue weighted by Gasteiger charge is 2.17. The summed E-state index contributed by atoms with van der Waals surface area (Å²) in [6.45, 7) is 5.90. The number of thioether (sulfide) groups is 1. The summed E-state index contributed by atoms with van der Waals surface area (Å²) < 4.78 is 14.2. The molecule has 0 radical (unpaired) electrons. The van der Waals surface area contributed by atoms with Crippen LogP contribution in [0.3, 0.4) is 0 Å². The van der Waals surface area contributed by atoms with Crippen molar-refractivity contribution in [1.82, 2.24) is 10.3 Å². The van der Waals surface area contributed by atoms with Gasteiger partial charge in [-0.05, 0) is 31.4 Å². The Morgan fingerprint density at radius 2 is 2.15 bits per heavy atom. The highest BCUT2D eigenvalue weighted by Crippen LogP contribution is 2.36. The molecule has 0 aliphatic carbocycles. The van der Waals surface area contributed by atoms with E-state index in [4.69, 9.17) is 0 Å².